The quantitative estimate of drug-likeness (QED) is 0.578. The zero-order valence-electron chi connectivity index (χ0n) is 9.82. The Morgan fingerprint density at radius 1 is 1.41 bits per heavy atom. The van der Waals surface area contributed by atoms with Crippen LogP contribution in [-0.4, -0.2) is 32.6 Å². The second-order valence-electron chi connectivity index (χ2n) is 4.10. The molecule has 7 heteroatoms. The zero-order chi connectivity index (χ0) is 12.1. The molecule has 0 amide bonds. The molecule has 3 N–H and O–H groups in total. The van der Waals surface area contributed by atoms with Gasteiger partial charge in [-0.2, -0.15) is 4.98 Å². The summed E-state index contributed by atoms with van der Waals surface area (Å²) in [6.45, 7) is 0. The van der Waals surface area contributed by atoms with Gasteiger partial charge in [0, 0.05) is 6.04 Å². The minimum Gasteiger partial charge on any atom is -0.360 e. The van der Waals surface area contributed by atoms with E-state index in [1.54, 1.807) is 0 Å². The minimum atomic E-state index is 0.506. The molecule has 1 aromatic rings. The van der Waals surface area contributed by atoms with Crippen LogP contribution in [-0.2, 0) is 0 Å². The van der Waals surface area contributed by atoms with Crippen LogP contribution in [0, 0.1) is 0 Å². The first kappa shape index (κ1) is 12.6. The Kier molecular flexibility index (Phi) is 4.61. The Morgan fingerprint density at radius 3 is 2.82 bits per heavy atom. The molecule has 0 unspecified atom stereocenters. The molecular formula is C10H17N5S2. The molecule has 0 aromatic carbocycles. The Bertz CT molecular complexity index is 373. The normalized spacial score (nSPS) is 16.8. The smallest absolute Gasteiger partial charge is 0.225 e. The first-order valence-corrected chi connectivity index (χ1v) is 7.45. The van der Waals surface area contributed by atoms with Crippen LogP contribution in [0.4, 0.5) is 5.95 Å². The fourth-order valence-electron chi connectivity index (χ4n) is 1.97. The summed E-state index contributed by atoms with van der Waals surface area (Å²) in [7, 11) is 0. The Hall–Kier alpha value is -0.820. The van der Waals surface area contributed by atoms with Crippen LogP contribution in [0.2, 0.25) is 0 Å². The third-order valence-electron chi connectivity index (χ3n) is 2.82. The second kappa shape index (κ2) is 6.20. The van der Waals surface area contributed by atoms with Crippen LogP contribution in [0.15, 0.2) is 5.16 Å². The number of anilines is 1. The number of rotatable bonds is 3. The van der Waals surface area contributed by atoms with Gasteiger partial charge in [-0.3, -0.25) is 0 Å². The molecule has 0 radical (unpaired) electrons. The lowest BCUT2D eigenvalue weighted by Crippen LogP contribution is -2.39. The molecule has 0 aliphatic heterocycles. The van der Waals surface area contributed by atoms with Crippen LogP contribution in [0.5, 0.6) is 0 Å². The van der Waals surface area contributed by atoms with Crippen LogP contribution in [0.25, 0.3) is 0 Å². The fourth-order valence-corrected chi connectivity index (χ4v) is 2.55. The molecule has 1 aromatic heterocycles. The Morgan fingerprint density at radius 2 is 2.18 bits per heavy atom. The predicted molar refractivity (Wildman–Crippen MR) is 74.4 cm³/mol. The molecule has 0 atom stereocenters. The van der Waals surface area contributed by atoms with E-state index in [-0.39, 0.29) is 0 Å². The van der Waals surface area contributed by atoms with Crippen LogP contribution < -0.4 is 10.6 Å². The van der Waals surface area contributed by atoms with Crippen molar-refractivity contribution in [3.8, 4) is 0 Å². The highest BCUT2D eigenvalue weighted by Crippen LogP contribution is 2.17. The van der Waals surface area contributed by atoms with Crippen molar-refractivity contribution in [3.05, 3.63) is 0 Å². The Labute approximate surface area is 111 Å². The summed E-state index contributed by atoms with van der Waals surface area (Å²) in [5.74, 6) is 0.600. The number of aromatic nitrogens is 3. The maximum atomic E-state index is 5.25. The first-order chi connectivity index (χ1) is 8.28. The topological polar surface area (TPSA) is 65.6 Å². The molecular weight excluding hydrogens is 254 g/mol. The van der Waals surface area contributed by atoms with Crippen molar-refractivity contribution in [1.82, 2.24) is 20.5 Å². The third-order valence-corrected chi connectivity index (χ3v) is 3.59. The highest BCUT2D eigenvalue weighted by molar-refractivity contribution is 7.98. The molecule has 0 spiro atoms. The van der Waals surface area contributed by atoms with Gasteiger partial charge in [0.1, 0.15) is 0 Å². The summed E-state index contributed by atoms with van der Waals surface area (Å²) in [5, 5.41) is 14.5. The van der Waals surface area contributed by atoms with Gasteiger partial charge < -0.3 is 10.6 Å². The monoisotopic (exact) mass is 271 g/mol. The van der Waals surface area contributed by atoms with Gasteiger partial charge in [-0.25, -0.2) is 5.10 Å². The lowest BCUT2D eigenvalue weighted by atomic mass is 9.96. The van der Waals surface area contributed by atoms with E-state index in [0.29, 0.717) is 22.3 Å². The van der Waals surface area contributed by atoms with E-state index in [9.17, 15) is 0 Å². The fraction of sp³-hybridized carbons (Fsp3) is 0.700. The van der Waals surface area contributed by atoms with E-state index in [0.717, 1.165) is 0 Å². The first-order valence-electron chi connectivity index (χ1n) is 5.82. The van der Waals surface area contributed by atoms with Gasteiger partial charge in [-0.1, -0.05) is 31.0 Å². The van der Waals surface area contributed by atoms with Gasteiger partial charge in [-0.15, -0.1) is 5.10 Å². The van der Waals surface area contributed by atoms with Crippen LogP contribution in [0.3, 0.4) is 0 Å². The Balaban J connectivity index is 1.79. The van der Waals surface area contributed by atoms with E-state index < -0.39 is 0 Å². The number of hydrogen-bond donors (Lipinski definition) is 3. The minimum absolute atomic E-state index is 0.506. The van der Waals surface area contributed by atoms with Crippen LogP contribution >= 0.6 is 24.0 Å². The van der Waals surface area contributed by atoms with Gasteiger partial charge in [0.05, 0.1) is 0 Å². The molecule has 2 rings (SSSR count). The van der Waals surface area contributed by atoms with E-state index in [2.05, 4.69) is 25.8 Å². The second-order valence-corrected chi connectivity index (χ2v) is 5.29. The molecule has 5 nitrogen and oxygen atoms in total. The highest BCUT2D eigenvalue weighted by Gasteiger charge is 2.14. The zero-order valence-corrected chi connectivity index (χ0v) is 11.5. The van der Waals surface area contributed by atoms with Gasteiger partial charge in [0.25, 0.3) is 0 Å². The van der Waals surface area contributed by atoms with E-state index in [4.69, 9.17) is 12.2 Å². The van der Waals surface area contributed by atoms with Crippen molar-refractivity contribution in [2.75, 3.05) is 11.6 Å². The largest absolute Gasteiger partial charge is 0.360 e. The number of hydrogen-bond acceptors (Lipinski definition) is 4. The predicted octanol–water partition coefficient (Wildman–Crippen LogP) is 2.15. The number of thiocarbonyl (C=S) groups is 1. The molecule has 0 bridgehead atoms. The lowest BCUT2D eigenvalue weighted by molar-refractivity contribution is 0.414. The third kappa shape index (κ3) is 3.85. The number of aromatic amines is 1. The summed E-state index contributed by atoms with van der Waals surface area (Å²) >= 11 is 6.74. The number of H-pyrrole nitrogens is 1. The maximum Gasteiger partial charge on any atom is 0.225 e. The van der Waals surface area contributed by atoms with Crippen molar-refractivity contribution >= 4 is 35.0 Å². The standard InChI is InChI=1S/C10H17N5S2/c1-17-10-13-8(14-15-10)12-9(16)11-7-5-3-2-4-6-7/h7H,2-6H2,1H3,(H3,11,12,13,14,15,16). The van der Waals surface area contributed by atoms with Gasteiger partial charge in [0.15, 0.2) is 5.11 Å². The van der Waals surface area contributed by atoms with Crippen molar-refractivity contribution < 1.29 is 0 Å². The number of thioether (sulfide) groups is 1. The van der Waals surface area contributed by atoms with Crippen molar-refractivity contribution in [2.45, 2.75) is 43.3 Å². The van der Waals surface area contributed by atoms with Gasteiger partial charge >= 0.3 is 0 Å². The molecule has 0 saturated heterocycles. The molecule has 1 fully saturated rings. The summed E-state index contributed by atoms with van der Waals surface area (Å²) in [6, 6.07) is 0.506. The summed E-state index contributed by atoms with van der Waals surface area (Å²) < 4.78 is 0. The maximum absolute atomic E-state index is 5.25. The van der Waals surface area contributed by atoms with E-state index in [1.807, 2.05) is 6.26 Å². The average molecular weight is 271 g/mol. The molecule has 1 aliphatic carbocycles. The van der Waals surface area contributed by atoms with Crippen molar-refractivity contribution in [1.29, 1.82) is 0 Å². The summed E-state index contributed by atoms with van der Waals surface area (Å²) in [4.78, 5) is 4.22. The van der Waals surface area contributed by atoms with Crippen molar-refractivity contribution in [2.24, 2.45) is 0 Å². The van der Waals surface area contributed by atoms with E-state index >= 15 is 0 Å². The highest BCUT2D eigenvalue weighted by atomic mass is 32.2. The van der Waals surface area contributed by atoms with Gasteiger partial charge in [-0.05, 0) is 31.3 Å². The molecule has 17 heavy (non-hydrogen) atoms. The number of nitrogens with one attached hydrogen (secondary N) is 3. The molecule has 1 aliphatic rings. The molecule has 1 heterocycles. The molecule has 1 saturated carbocycles. The van der Waals surface area contributed by atoms with Gasteiger partial charge in [0.2, 0.25) is 11.1 Å². The SMILES string of the molecule is CSc1n[nH]c(NC(=S)NC2CCCCC2)n1. The summed E-state index contributed by atoms with van der Waals surface area (Å²) in [6.07, 6.45) is 8.27. The van der Waals surface area contributed by atoms with E-state index in [1.165, 1.54) is 43.9 Å². The molecule has 94 valence electrons. The van der Waals surface area contributed by atoms with Crippen molar-refractivity contribution in [3.63, 3.8) is 0 Å². The average Bonchev–Trinajstić information content (AvgIpc) is 2.78. The van der Waals surface area contributed by atoms with Crippen LogP contribution in [0.1, 0.15) is 32.1 Å². The lowest BCUT2D eigenvalue weighted by Gasteiger charge is -2.23. The summed E-state index contributed by atoms with van der Waals surface area (Å²) in [5.41, 5.74) is 0. The number of nitrogens with zero attached hydrogens (tertiary/aromatic N) is 2.